The van der Waals surface area contributed by atoms with Crippen LogP contribution in [0.1, 0.15) is 15.9 Å². The number of nitrogens with two attached hydrogens (primary N) is 1. The van der Waals surface area contributed by atoms with Crippen molar-refractivity contribution < 1.29 is 9.53 Å². The van der Waals surface area contributed by atoms with Gasteiger partial charge in [-0.3, -0.25) is 4.79 Å². The molecule has 3 aromatic rings. The fourth-order valence-corrected chi connectivity index (χ4v) is 2.54. The largest absolute Gasteiger partial charge is 0.497 e. The number of hydrogen-bond donors (Lipinski definition) is 2. The summed E-state index contributed by atoms with van der Waals surface area (Å²) in [6.45, 7) is 0.748. The van der Waals surface area contributed by atoms with Gasteiger partial charge in [0.25, 0.3) is 0 Å². The number of benzene rings is 2. The number of amides is 1. The van der Waals surface area contributed by atoms with E-state index < -0.39 is 5.91 Å². The molecule has 3 rings (SSSR count). The van der Waals surface area contributed by atoms with E-state index in [0.717, 1.165) is 24.3 Å². The maximum atomic E-state index is 11.3. The number of carbonyl (C=O) groups is 1. The topological polar surface area (TPSA) is 90.1 Å². The summed E-state index contributed by atoms with van der Waals surface area (Å²) in [5, 5.41) is 11.7. The molecule has 0 saturated heterocycles. The van der Waals surface area contributed by atoms with E-state index in [1.54, 1.807) is 25.3 Å². The van der Waals surface area contributed by atoms with Crippen molar-refractivity contribution in [2.75, 3.05) is 19.0 Å². The van der Waals surface area contributed by atoms with E-state index in [1.807, 2.05) is 42.5 Å². The van der Waals surface area contributed by atoms with E-state index in [2.05, 4.69) is 15.5 Å². The van der Waals surface area contributed by atoms with Crippen molar-refractivity contribution in [1.29, 1.82) is 0 Å². The molecule has 0 bridgehead atoms. The van der Waals surface area contributed by atoms with Crippen LogP contribution in [0, 0.1) is 0 Å². The monoisotopic (exact) mass is 348 g/mol. The molecule has 132 valence electrons. The minimum atomic E-state index is -0.461. The molecular formula is C20H20N4O2. The molecule has 0 aliphatic rings. The van der Waals surface area contributed by atoms with Crippen LogP contribution in [0.2, 0.25) is 0 Å². The van der Waals surface area contributed by atoms with Gasteiger partial charge in [0.2, 0.25) is 5.91 Å². The number of methoxy groups -OCH3 is 1. The Balaban J connectivity index is 1.59. The third kappa shape index (κ3) is 4.36. The zero-order valence-corrected chi connectivity index (χ0v) is 14.5. The van der Waals surface area contributed by atoms with Crippen LogP contribution >= 0.6 is 0 Å². The van der Waals surface area contributed by atoms with E-state index in [-0.39, 0.29) is 0 Å². The molecule has 0 aliphatic heterocycles. The fourth-order valence-electron chi connectivity index (χ4n) is 2.54. The first-order valence-electron chi connectivity index (χ1n) is 8.26. The second kappa shape index (κ2) is 8.11. The van der Waals surface area contributed by atoms with Gasteiger partial charge in [-0.15, -0.1) is 10.2 Å². The lowest BCUT2D eigenvalue weighted by atomic mass is 10.1. The SMILES string of the molecule is COc1ccc(CCNc2ccc(-c3cccc(C(N)=O)c3)nn2)cc1. The highest BCUT2D eigenvalue weighted by Gasteiger charge is 2.05. The van der Waals surface area contributed by atoms with Crippen LogP contribution in [0.15, 0.2) is 60.7 Å². The summed E-state index contributed by atoms with van der Waals surface area (Å²) < 4.78 is 5.15. The lowest BCUT2D eigenvalue weighted by Crippen LogP contribution is -2.10. The number of hydrogen-bond acceptors (Lipinski definition) is 5. The van der Waals surface area contributed by atoms with Crippen LogP contribution in [-0.2, 0) is 6.42 Å². The Morgan fingerprint density at radius 3 is 2.54 bits per heavy atom. The van der Waals surface area contributed by atoms with Gasteiger partial charge in [0, 0.05) is 17.7 Å². The Morgan fingerprint density at radius 2 is 1.88 bits per heavy atom. The number of rotatable bonds is 7. The van der Waals surface area contributed by atoms with E-state index in [0.29, 0.717) is 17.1 Å². The third-order valence-electron chi connectivity index (χ3n) is 3.99. The number of nitrogens with one attached hydrogen (secondary N) is 1. The fraction of sp³-hybridized carbons (Fsp3) is 0.150. The molecule has 0 radical (unpaired) electrons. The quantitative estimate of drug-likeness (QED) is 0.685. The average molecular weight is 348 g/mol. The Kier molecular flexibility index (Phi) is 5.43. The van der Waals surface area contributed by atoms with Crippen molar-refractivity contribution >= 4 is 11.7 Å². The molecule has 0 unspecified atom stereocenters. The number of primary amides is 1. The third-order valence-corrected chi connectivity index (χ3v) is 3.99. The number of ether oxygens (including phenoxy) is 1. The van der Waals surface area contributed by atoms with Gasteiger partial charge in [0.1, 0.15) is 11.6 Å². The lowest BCUT2D eigenvalue weighted by molar-refractivity contribution is 0.100. The van der Waals surface area contributed by atoms with Gasteiger partial charge in [-0.2, -0.15) is 0 Å². The molecule has 0 atom stereocenters. The number of nitrogens with zero attached hydrogens (tertiary/aromatic N) is 2. The Labute approximate surface area is 152 Å². The molecule has 0 saturated carbocycles. The molecule has 3 N–H and O–H groups in total. The molecule has 0 aliphatic carbocycles. The predicted octanol–water partition coefficient (Wildman–Crippen LogP) is 2.91. The zero-order valence-electron chi connectivity index (χ0n) is 14.5. The van der Waals surface area contributed by atoms with Crippen LogP contribution in [0.3, 0.4) is 0 Å². The van der Waals surface area contributed by atoms with Gasteiger partial charge in [0.15, 0.2) is 0 Å². The highest BCUT2D eigenvalue weighted by atomic mass is 16.5. The maximum Gasteiger partial charge on any atom is 0.248 e. The molecule has 6 nitrogen and oxygen atoms in total. The van der Waals surface area contributed by atoms with Crippen LogP contribution in [0.25, 0.3) is 11.3 Å². The van der Waals surface area contributed by atoms with Crippen molar-refractivity contribution in [3.8, 4) is 17.0 Å². The van der Waals surface area contributed by atoms with Gasteiger partial charge in [0.05, 0.1) is 12.8 Å². The van der Waals surface area contributed by atoms with Crippen molar-refractivity contribution in [1.82, 2.24) is 10.2 Å². The Morgan fingerprint density at radius 1 is 1.08 bits per heavy atom. The summed E-state index contributed by atoms with van der Waals surface area (Å²) in [7, 11) is 1.66. The van der Waals surface area contributed by atoms with Crippen molar-refractivity contribution in [2.24, 2.45) is 5.73 Å². The molecule has 1 amide bonds. The molecule has 1 aromatic heterocycles. The smallest absolute Gasteiger partial charge is 0.248 e. The minimum absolute atomic E-state index is 0.450. The van der Waals surface area contributed by atoms with Crippen LogP contribution in [0.4, 0.5) is 5.82 Å². The standard InChI is InChI=1S/C20H20N4O2/c1-26-17-7-5-14(6-8-17)11-12-22-19-10-9-18(23-24-19)15-3-2-4-16(13-15)20(21)25/h2-10,13H,11-12H2,1H3,(H2,21,25)(H,22,24). The normalized spacial score (nSPS) is 10.3. The summed E-state index contributed by atoms with van der Waals surface area (Å²) in [5.74, 6) is 1.09. The predicted molar refractivity (Wildman–Crippen MR) is 101 cm³/mol. The first kappa shape index (κ1) is 17.4. The van der Waals surface area contributed by atoms with E-state index in [1.165, 1.54) is 5.56 Å². The molecule has 1 heterocycles. The van der Waals surface area contributed by atoms with Crippen molar-refractivity contribution in [3.63, 3.8) is 0 Å². The van der Waals surface area contributed by atoms with E-state index in [4.69, 9.17) is 10.5 Å². The number of carbonyl (C=O) groups excluding carboxylic acids is 1. The Hall–Kier alpha value is -3.41. The summed E-state index contributed by atoms with van der Waals surface area (Å²) in [4.78, 5) is 11.3. The average Bonchev–Trinajstić information content (AvgIpc) is 2.69. The summed E-state index contributed by atoms with van der Waals surface area (Å²) in [5.41, 5.74) is 8.47. The summed E-state index contributed by atoms with van der Waals surface area (Å²) >= 11 is 0. The molecule has 2 aromatic carbocycles. The van der Waals surface area contributed by atoms with Gasteiger partial charge in [-0.1, -0.05) is 24.3 Å². The molecule has 0 fully saturated rings. The highest BCUT2D eigenvalue weighted by Crippen LogP contribution is 2.18. The first-order chi connectivity index (χ1) is 12.7. The summed E-state index contributed by atoms with van der Waals surface area (Å²) in [6.07, 6.45) is 0.869. The van der Waals surface area contributed by atoms with Crippen LogP contribution < -0.4 is 15.8 Å². The molecular weight excluding hydrogens is 328 g/mol. The number of aromatic nitrogens is 2. The zero-order chi connectivity index (χ0) is 18.4. The van der Waals surface area contributed by atoms with Gasteiger partial charge in [-0.05, 0) is 48.4 Å². The molecule has 6 heteroatoms. The van der Waals surface area contributed by atoms with E-state index in [9.17, 15) is 4.79 Å². The molecule has 0 spiro atoms. The minimum Gasteiger partial charge on any atom is -0.497 e. The maximum absolute atomic E-state index is 11.3. The second-order valence-corrected chi connectivity index (χ2v) is 5.77. The van der Waals surface area contributed by atoms with Crippen molar-refractivity contribution in [2.45, 2.75) is 6.42 Å². The summed E-state index contributed by atoms with van der Waals surface area (Å²) in [6, 6.07) is 18.7. The van der Waals surface area contributed by atoms with Crippen LogP contribution in [0.5, 0.6) is 5.75 Å². The number of anilines is 1. The van der Waals surface area contributed by atoms with Crippen LogP contribution in [-0.4, -0.2) is 29.8 Å². The molecule has 26 heavy (non-hydrogen) atoms. The second-order valence-electron chi connectivity index (χ2n) is 5.77. The van der Waals surface area contributed by atoms with Crippen molar-refractivity contribution in [3.05, 3.63) is 71.8 Å². The highest BCUT2D eigenvalue weighted by molar-refractivity contribution is 5.93. The van der Waals surface area contributed by atoms with Gasteiger partial charge in [-0.25, -0.2) is 0 Å². The van der Waals surface area contributed by atoms with Gasteiger partial charge < -0.3 is 15.8 Å². The van der Waals surface area contributed by atoms with Gasteiger partial charge >= 0.3 is 0 Å². The van der Waals surface area contributed by atoms with E-state index >= 15 is 0 Å². The Bertz CT molecular complexity index is 877. The first-order valence-corrected chi connectivity index (χ1v) is 8.26. The lowest BCUT2D eigenvalue weighted by Gasteiger charge is -2.07.